The van der Waals surface area contributed by atoms with Gasteiger partial charge < -0.3 is 99.6 Å². The number of amides is 2. The molecular weight excluding hydrogens is 1100 g/mol. The van der Waals surface area contributed by atoms with E-state index in [1.807, 2.05) is 12.5 Å². The van der Waals surface area contributed by atoms with Gasteiger partial charge in [-0.25, -0.2) is 0 Å². The Balaban J connectivity index is 1.29. The second-order valence-corrected chi connectivity index (χ2v) is 23.3. The van der Waals surface area contributed by atoms with E-state index >= 15 is 0 Å². The van der Waals surface area contributed by atoms with Crippen LogP contribution in [0, 0.1) is 45.5 Å². The molecule has 0 aromatic carbocycles. The van der Waals surface area contributed by atoms with Crippen LogP contribution in [0.4, 0.5) is 0 Å². The summed E-state index contributed by atoms with van der Waals surface area (Å²) in [5.74, 6) is -10.6. The molecular formula is C63H104N3O19-2. The Kier molecular flexibility index (Phi) is 36.9. The number of allylic oxidation sites excluding steroid dienone is 1. The highest BCUT2D eigenvalue weighted by Gasteiger charge is 2.55. The summed E-state index contributed by atoms with van der Waals surface area (Å²) in [6.45, 7) is 7.31. The van der Waals surface area contributed by atoms with Crippen LogP contribution in [0.3, 0.4) is 0 Å². The van der Waals surface area contributed by atoms with Crippen LogP contribution in [0.1, 0.15) is 213 Å². The number of carboxylic acids is 2. The maximum Gasteiger partial charge on any atom is 0.220 e. The third-order valence-corrected chi connectivity index (χ3v) is 15.9. The Hall–Kier alpha value is -2.94. The number of ether oxygens (including phenoxy) is 8. The van der Waals surface area contributed by atoms with E-state index in [4.69, 9.17) is 43.6 Å². The molecule has 7 radical (unpaired) electrons. The molecule has 85 heavy (non-hydrogen) atoms. The maximum absolute atomic E-state index is 13.3. The van der Waals surface area contributed by atoms with Crippen LogP contribution in [-0.4, -0.2) is 154 Å². The van der Waals surface area contributed by atoms with Crippen LogP contribution in [0.5, 0.6) is 0 Å². The van der Waals surface area contributed by atoms with E-state index in [-0.39, 0.29) is 12.5 Å². The van der Waals surface area contributed by atoms with Gasteiger partial charge in [0.15, 0.2) is 12.6 Å². The van der Waals surface area contributed by atoms with Crippen molar-refractivity contribution in [2.24, 2.45) is 5.73 Å². The number of aliphatic hydroxyl groups excluding tert-OH is 5. The third kappa shape index (κ3) is 27.4. The van der Waals surface area contributed by atoms with Gasteiger partial charge in [-0.05, 0) is 19.3 Å². The van der Waals surface area contributed by atoms with E-state index in [2.05, 4.69) is 30.6 Å². The molecule has 0 aromatic heterocycles. The smallest absolute Gasteiger partial charge is 0.220 e. The number of hydrogen-bond donors (Lipinski definition) is 8. The van der Waals surface area contributed by atoms with Gasteiger partial charge in [0.2, 0.25) is 23.4 Å². The molecule has 4 rings (SSSR count). The zero-order valence-corrected chi connectivity index (χ0v) is 50.9. The van der Waals surface area contributed by atoms with Gasteiger partial charge in [-0.15, -0.1) is 0 Å². The molecule has 0 aromatic rings. The molecule has 4 aliphatic rings. The van der Waals surface area contributed by atoms with E-state index in [0.717, 1.165) is 65.1 Å². The van der Waals surface area contributed by atoms with E-state index in [1.54, 1.807) is 0 Å². The van der Waals surface area contributed by atoms with E-state index in [9.17, 15) is 54.9 Å². The Morgan fingerprint density at radius 1 is 0.741 bits per heavy atom. The predicted octanol–water partition coefficient (Wildman–Crippen LogP) is 4.55. The number of nitrogens with two attached hydrogens (primary N) is 1. The van der Waals surface area contributed by atoms with Gasteiger partial charge in [0.1, 0.15) is 49.6 Å². The standard InChI is InChI=1S/C63H106N3O19/c1-4-6-8-10-12-14-16-18-20-22-24-26-28-30-32-34-54(72)66-46(33-31-29-27-25-23-21-19-17-15-13-11-9-7-5-2)42-79-55-36-35-51(53(41-67)82-55)83-59-57(73)52(37-38-78-59)84-63(61(76)77)40-49(70)56(65-45(3)68)58(85-63)50(71)44-81-62(60(74)75)39-48(69)47(64)43-80-62/h29,31,33,35-38,43-44,46-53,55-59,67,69-71,73H,4-28,30,32,34,39-42,64H2,1-3H3,(H,65,68)(H,66,72)(H,74,75)(H,76,77)/p-2/b31-29+/t46-,47+,48+,49+,50+,51+,52+,53-,55-,56-,57-,58+,59+,62+,63-/m1/s1. The molecule has 4 aliphatic heterocycles. The number of aliphatic carboxylic acids is 2. The fourth-order valence-corrected chi connectivity index (χ4v) is 10.8. The molecule has 0 saturated carbocycles. The molecule has 487 valence electrons. The average Bonchev–Trinajstić information content (AvgIpc) is 1.47. The average molecular weight is 1210 g/mol. The Labute approximate surface area is 506 Å². The highest BCUT2D eigenvalue weighted by molar-refractivity contribution is 5.76. The van der Waals surface area contributed by atoms with Gasteiger partial charge in [-0.3, -0.25) is 9.59 Å². The summed E-state index contributed by atoms with van der Waals surface area (Å²) in [5, 5.41) is 85.4. The minimum Gasteiger partial charge on any atom is -0.544 e. The van der Waals surface area contributed by atoms with Crippen molar-refractivity contribution in [2.75, 3.05) is 13.2 Å². The minimum atomic E-state index is -2.98. The van der Waals surface area contributed by atoms with Crippen LogP contribution >= 0.6 is 0 Å². The number of carboxylic acid groups (broad SMARTS) is 2. The van der Waals surface area contributed by atoms with Gasteiger partial charge in [-0.2, -0.15) is 0 Å². The number of nitrogens with one attached hydrogen (secondary N) is 2. The van der Waals surface area contributed by atoms with Crippen LogP contribution in [0.15, 0.2) is 12.2 Å². The molecule has 4 fully saturated rings. The second kappa shape index (κ2) is 42.1. The fraction of sp³-hybridized carbons (Fsp3) is 0.794. The molecule has 0 spiro atoms. The summed E-state index contributed by atoms with van der Waals surface area (Å²) in [6, 6.07) is -3.17. The highest BCUT2D eigenvalue weighted by Crippen LogP contribution is 2.38. The van der Waals surface area contributed by atoms with Gasteiger partial charge in [0, 0.05) is 51.9 Å². The summed E-state index contributed by atoms with van der Waals surface area (Å²) < 4.78 is 45.8. The van der Waals surface area contributed by atoms with Crippen LogP contribution < -0.4 is 26.6 Å². The van der Waals surface area contributed by atoms with Gasteiger partial charge >= 0.3 is 0 Å². The minimum absolute atomic E-state index is 0.0405. The van der Waals surface area contributed by atoms with Gasteiger partial charge in [-0.1, -0.05) is 180 Å². The lowest BCUT2D eigenvalue weighted by Crippen LogP contribution is -2.70. The SMILES string of the molecule is CCCCCCCCCCCCC/C=C/[CH][C@H](CO[C@H]1[CH][CH][C@H](O[C@@H]2O[CH][CH][C@H](O[C@]3(C(=O)[O-])C[C@H](O)[C@@H](NC(C)=O)[C@H]([C@@H](O)[CH]O[C@]4(C(=O)[O-])C[C@H](O)[C@@H](N)[CH]O4)O3)[C@H]2O)[C@@H](CO)O1)NC(=O)CCCCCCCCCCCCCCCCC. The summed E-state index contributed by atoms with van der Waals surface area (Å²) in [7, 11) is 0. The lowest BCUT2D eigenvalue weighted by atomic mass is 9.89. The number of hydrogen-bond acceptors (Lipinski definition) is 20. The summed E-state index contributed by atoms with van der Waals surface area (Å²) in [6.07, 6.45) is 26.4. The monoisotopic (exact) mass is 1210 g/mol. The number of unbranched alkanes of at least 4 members (excludes halogenated alkanes) is 25. The summed E-state index contributed by atoms with van der Waals surface area (Å²) >= 11 is 0. The largest absolute Gasteiger partial charge is 0.544 e. The number of rotatable bonds is 46. The Morgan fingerprint density at radius 3 is 1.84 bits per heavy atom. The molecule has 0 aliphatic carbocycles. The van der Waals surface area contributed by atoms with Gasteiger partial charge in [0.25, 0.3) is 0 Å². The summed E-state index contributed by atoms with van der Waals surface area (Å²) in [5.41, 5.74) is 5.68. The number of carbonyl (C=O) groups excluding carboxylic acids is 4. The van der Waals surface area contributed by atoms with Crippen molar-refractivity contribution in [3.05, 3.63) is 57.7 Å². The lowest BCUT2D eigenvalue weighted by Gasteiger charge is -2.50. The summed E-state index contributed by atoms with van der Waals surface area (Å²) in [4.78, 5) is 50.6. The van der Waals surface area contributed by atoms with E-state index in [0.29, 0.717) is 13.0 Å². The van der Waals surface area contributed by atoms with Crippen molar-refractivity contribution in [3.8, 4) is 0 Å². The Morgan fingerprint density at radius 2 is 1.29 bits per heavy atom. The Bertz CT molecular complexity index is 1870. The molecule has 0 unspecified atom stereocenters. The zero-order valence-electron chi connectivity index (χ0n) is 50.9. The fourth-order valence-electron chi connectivity index (χ4n) is 10.8. The maximum atomic E-state index is 13.3. The van der Waals surface area contributed by atoms with Crippen molar-refractivity contribution >= 4 is 23.8 Å². The quantitative estimate of drug-likeness (QED) is 0.0388. The van der Waals surface area contributed by atoms with Crippen LogP contribution in [0.25, 0.3) is 0 Å². The first-order valence-corrected chi connectivity index (χ1v) is 31.9. The normalized spacial score (nSPS) is 29.8. The topological polar surface area (TPSA) is 339 Å². The zero-order chi connectivity index (χ0) is 61.9. The second-order valence-electron chi connectivity index (χ2n) is 23.3. The molecule has 22 heteroatoms. The van der Waals surface area contributed by atoms with Crippen molar-refractivity contribution in [1.29, 1.82) is 0 Å². The third-order valence-electron chi connectivity index (χ3n) is 15.9. The van der Waals surface area contributed by atoms with E-state index in [1.165, 1.54) is 148 Å². The molecule has 4 saturated heterocycles. The molecule has 22 nitrogen and oxygen atoms in total. The highest BCUT2D eigenvalue weighted by atomic mass is 16.8. The first-order valence-electron chi connectivity index (χ1n) is 31.9. The molecule has 9 N–H and O–H groups in total. The van der Waals surface area contributed by atoms with E-state index < -0.39 is 128 Å². The van der Waals surface area contributed by atoms with Crippen LogP contribution in [0.2, 0.25) is 0 Å². The molecule has 15 atom stereocenters. The van der Waals surface area contributed by atoms with Crippen molar-refractivity contribution in [1.82, 2.24) is 10.6 Å². The molecule has 2 amide bonds. The number of aliphatic hydroxyl groups is 5. The first-order chi connectivity index (χ1) is 41.0. The lowest BCUT2D eigenvalue weighted by molar-refractivity contribution is -0.393. The number of carbonyl (C=O) groups is 4. The van der Waals surface area contributed by atoms with Crippen LogP contribution in [-0.2, 0) is 57.1 Å². The van der Waals surface area contributed by atoms with Crippen molar-refractivity contribution in [2.45, 2.75) is 305 Å². The van der Waals surface area contributed by atoms with Gasteiger partial charge in [0.05, 0.1) is 62.4 Å². The van der Waals surface area contributed by atoms with Crippen molar-refractivity contribution < 1.29 is 92.8 Å². The predicted molar refractivity (Wildman–Crippen MR) is 309 cm³/mol. The van der Waals surface area contributed by atoms with Crippen molar-refractivity contribution in [3.63, 3.8) is 0 Å². The molecule has 4 heterocycles. The first kappa shape index (κ1) is 74.5. The molecule has 0 bridgehead atoms.